The Morgan fingerprint density at radius 2 is 1.73 bits per heavy atom. The Labute approximate surface area is 130 Å². The van der Waals surface area contributed by atoms with Crippen LogP contribution in [-0.4, -0.2) is 29.9 Å². The molecule has 0 saturated carbocycles. The highest BCUT2D eigenvalue weighted by atomic mass is 16.2. The number of nitrogens with zero attached hydrogens (tertiary/aromatic N) is 2. The van der Waals surface area contributed by atoms with Crippen molar-refractivity contribution in [1.82, 2.24) is 4.90 Å². The number of carbonyl (C=O) groups is 1. The number of aliphatic imine (C=N–C) groups is 1. The van der Waals surface area contributed by atoms with Crippen LogP contribution < -0.4 is 5.32 Å². The summed E-state index contributed by atoms with van der Waals surface area (Å²) in [6, 6.07) is 15.4. The Kier molecular flexibility index (Phi) is 3.92. The second-order valence-electron chi connectivity index (χ2n) is 5.42. The maximum Gasteiger partial charge on any atom is 0.260 e. The van der Waals surface area contributed by atoms with E-state index in [4.69, 9.17) is 0 Å². The summed E-state index contributed by atoms with van der Waals surface area (Å²) in [4.78, 5) is 18.8. The van der Waals surface area contributed by atoms with E-state index in [0.717, 1.165) is 16.8 Å². The molecule has 0 fully saturated rings. The van der Waals surface area contributed by atoms with Crippen molar-refractivity contribution < 1.29 is 4.79 Å². The first-order chi connectivity index (χ1) is 10.7. The molecule has 112 valence electrons. The van der Waals surface area contributed by atoms with E-state index in [1.54, 1.807) is 4.90 Å². The van der Waals surface area contributed by atoms with Gasteiger partial charge in [0.15, 0.2) is 0 Å². The van der Waals surface area contributed by atoms with Crippen LogP contribution >= 0.6 is 0 Å². The van der Waals surface area contributed by atoms with Crippen LogP contribution in [0.4, 0.5) is 5.69 Å². The number of nitrogens with one attached hydrogen (secondary N) is 1. The molecule has 1 aliphatic rings. The third-order valence-electron chi connectivity index (χ3n) is 3.82. The Morgan fingerprint density at radius 1 is 1.05 bits per heavy atom. The van der Waals surface area contributed by atoms with E-state index < -0.39 is 0 Å². The third kappa shape index (κ3) is 2.72. The number of hydrogen-bond acceptors (Lipinski definition) is 3. The normalized spacial score (nSPS) is 13.9. The largest absolute Gasteiger partial charge is 0.325 e. The van der Waals surface area contributed by atoms with Crippen molar-refractivity contribution in [2.75, 3.05) is 18.4 Å². The van der Waals surface area contributed by atoms with Crippen LogP contribution in [0.5, 0.6) is 0 Å². The lowest BCUT2D eigenvalue weighted by molar-refractivity contribution is 0.0858. The van der Waals surface area contributed by atoms with Crippen LogP contribution in [0, 0.1) is 13.8 Å². The summed E-state index contributed by atoms with van der Waals surface area (Å²) in [6.45, 7) is 5.34. The SMILES string of the molecule is Cc1cccc(C)c1NC1=NCCN1C(=O)c1ccccc1. The number of benzene rings is 2. The summed E-state index contributed by atoms with van der Waals surface area (Å²) >= 11 is 0. The van der Waals surface area contributed by atoms with Crippen LogP contribution in [-0.2, 0) is 0 Å². The molecular formula is C18H19N3O. The highest BCUT2D eigenvalue weighted by Gasteiger charge is 2.25. The van der Waals surface area contributed by atoms with E-state index in [2.05, 4.69) is 10.3 Å². The molecule has 0 bridgehead atoms. The zero-order valence-corrected chi connectivity index (χ0v) is 12.8. The Morgan fingerprint density at radius 3 is 2.41 bits per heavy atom. The summed E-state index contributed by atoms with van der Waals surface area (Å²) in [7, 11) is 0. The smallest absolute Gasteiger partial charge is 0.260 e. The summed E-state index contributed by atoms with van der Waals surface area (Å²) in [5, 5.41) is 3.33. The number of aryl methyl sites for hydroxylation is 2. The average Bonchev–Trinajstić information content (AvgIpc) is 2.99. The van der Waals surface area contributed by atoms with Gasteiger partial charge < -0.3 is 5.32 Å². The Hall–Kier alpha value is -2.62. The number of guanidine groups is 1. The van der Waals surface area contributed by atoms with Crippen molar-refractivity contribution in [2.24, 2.45) is 4.99 Å². The Balaban J connectivity index is 1.84. The maximum atomic E-state index is 12.6. The number of hydrogen-bond donors (Lipinski definition) is 1. The van der Waals surface area contributed by atoms with Gasteiger partial charge >= 0.3 is 0 Å². The van der Waals surface area contributed by atoms with Gasteiger partial charge in [0.1, 0.15) is 0 Å². The van der Waals surface area contributed by atoms with Gasteiger partial charge in [-0.05, 0) is 37.1 Å². The second-order valence-corrected chi connectivity index (χ2v) is 5.42. The number of rotatable bonds is 2. The monoisotopic (exact) mass is 293 g/mol. The number of carbonyl (C=O) groups excluding carboxylic acids is 1. The van der Waals surface area contributed by atoms with Gasteiger partial charge in [0.05, 0.1) is 6.54 Å². The molecule has 0 aromatic heterocycles. The number of para-hydroxylation sites is 1. The first-order valence-corrected chi connectivity index (χ1v) is 7.41. The minimum absolute atomic E-state index is 0.0180. The summed E-state index contributed by atoms with van der Waals surface area (Å²) in [5.41, 5.74) is 3.98. The molecule has 2 aromatic carbocycles. The molecule has 2 aromatic rings. The zero-order valence-electron chi connectivity index (χ0n) is 12.8. The van der Waals surface area contributed by atoms with Gasteiger partial charge in [-0.3, -0.25) is 14.7 Å². The Bertz CT molecular complexity index is 702. The van der Waals surface area contributed by atoms with Crippen molar-refractivity contribution in [3.05, 3.63) is 65.2 Å². The molecule has 3 rings (SSSR count). The number of anilines is 1. The fraction of sp³-hybridized carbons (Fsp3) is 0.222. The molecule has 0 spiro atoms. The van der Waals surface area contributed by atoms with Gasteiger partial charge in [-0.15, -0.1) is 0 Å². The summed E-state index contributed by atoms with van der Waals surface area (Å²) in [5.74, 6) is 0.613. The van der Waals surface area contributed by atoms with Crippen molar-refractivity contribution in [3.63, 3.8) is 0 Å². The number of amides is 1. The molecular weight excluding hydrogens is 274 g/mol. The van der Waals surface area contributed by atoms with E-state index in [0.29, 0.717) is 24.6 Å². The van der Waals surface area contributed by atoms with Crippen LogP contribution in [0.3, 0.4) is 0 Å². The molecule has 0 unspecified atom stereocenters. The molecule has 0 atom stereocenters. The lowest BCUT2D eigenvalue weighted by Crippen LogP contribution is -2.38. The van der Waals surface area contributed by atoms with E-state index in [1.165, 1.54) is 0 Å². The van der Waals surface area contributed by atoms with Crippen molar-refractivity contribution >= 4 is 17.6 Å². The van der Waals surface area contributed by atoms with E-state index >= 15 is 0 Å². The van der Waals surface area contributed by atoms with E-state index in [-0.39, 0.29) is 5.91 Å². The molecule has 4 heteroatoms. The first-order valence-electron chi connectivity index (χ1n) is 7.41. The second kappa shape index (κ2) is 6.02. The van der Waals surface area contributed by atoms with E-state index in [9.17, 15) is 4.79 Å². The van der Waals surface area contributed by atoms with Crippen molar-refractivity contribution in [3.8, 4) is 0 Å². The lowest BCUT2D eigenvalue weighted by atomic mass is 10.1. The maximum absolute atomic E-state index is 12.6. The summed E-state index contributed by atoms with van der Waals surface area (Å²) in [6.07, 6.45) is 0. The molecule has 1 amide bonds. The first kappa shape index (κ1) is 14.3. The predicted molar refractivity (Wildman–Crippen MR) is 89.3 cm³/mol. The highest BCUT2D eigenvalue weighted by Crippen LogP contribution is 2.21. The zero-order chi connectivity index (χ0) is 15.5. The molecule has 0 radical (unpaired) electrons. The van der Waals surface area contributed by atoms with Crippen molar-refractivity contribution in [2.45, 2.75) is 13.8 Å². The molecule has 0 saturated heterocycles. The topological polar surface area (TPSA) is 44.7 Å². The molecule has 0 aliphatic carbocycles. The highest BCUT2D eigenvalue weighted by molar-refractivity contribution is 6.11. The predicted octanol–water partition coefficient (Wildman–Crippen LogP) is 3.23. The van der Waals surface area contributed by atoms with Gasteiger partial charge in [-0.1, -0.05) is 36.4 Å². The summed E-state index contributed by atoms with van der Waals surface area (Å²) < 4.78 is 0. The quantitative estimate of drug-likeness (QED) is 0.924. The van der Waals surface area contributed by atoms with Gasteiger partial charge in [0, 0.05) is 17.8 Å². The van der Waals surface area contributed by atoms with Crippen LogP contribution in [0.2, 0.25) is 0 Å². The third-order valence-corrected chi connectivity index (χ3v) is 3.82. The average molecular weight is 293 g/mol. The van der Waals surface area contributed by atoms with Crippen LogP contribution in [0.15, 0.2) is 53.5 Å². The standard InChI is InChI=1S/C18H19N3O/c1-13-7-6-8-14(2)16(13)20-18-19-11-12-21(18)17(22)15-9-4-3-5-10-15/h3-10H,11-12H2,1-2H3,(H,19,20). The molecule has 1 heterocycles. The molecule has 22 heavy (non-hydrogen) atoms. The fourth-order valence-electron chi connectivity index (χ4n) is 2.61. The molecule has 4 nitrogen and oxygen atoms in total. The minimum atomic E-state index is -0.0180. The van der Waals surface area contributed by atoms with Crippen LogP contribution in [0.1, 0.15) is 21.5 Å². The van der Waals surface area contributed by atoms with Crippen molar-refractivity contribution in [1.29, 1.82) is 0 Å². The van der Waals surface area contributed by atoms with Gasteiger partial charge in [0.2, 0.25) is 5.96 Å². The van der Waals surface area contributed by atoms with E-state index in [1.807, 2.05) is 62.4 Å². The fourth-order valence-corrected chi connectivity index (χ4v) is 2.61. The van der Waals surface area contributed by atoms with Gasteiger partial charge in [-0.2, -0.15) is 0 Å². The minimum Gasteiger partial charge on any atom is -0.325 e. The molecule has 1 aliphatic heterocycles. The molecule has 1 N–H and O–H groups in total. The van der Waals surface area contributed by atoms with Gasteiger partial charge in [-0.25, -0.2) is 0 Å². The lowest BCUT2D eigenvalue weighted by Gasteiger charge is -2.21. The van der Waals surface area contributed by atoms with Gasteiger partial charge in [0.25, 0.3) is 5.91 Å². The van der Waals surface area contributed by atoms with Crippen LogP contribution in [0.25, 0.3) is 0 Å².